The number of rotatable bonds is 4. The van der Waals surface area contributed by atoms with Crippen molar-refractivity contribution in [2.75, 3.05) is 5.32 Å². The highest BCUT2D eigenvalue weighted by Gasteiger charge is 2.07. The van der Waals surface area contributed by atoms with Gasteiger partial charge in [-0.1, -0.05) is 0 Å². The zero-order valence-electron chi connectivity index (χ0n) is 10.2. The number of anilines is 1. The van der Waals surface area contributed by atoms with Crippen molar-refractivity contribution in [1.82, 2.24) is 0 Å². The molecule has 2 aromatic rings. The van der Waals surface area contributed by atoms with Crippen molar-refractivity contribution in [3.05, 3.63) is 44.6 Å². The first-order valence-electron chi connectivity index (χ1n) is 5.48. The van der Waals surface area contributed by atoms with E-state index in [1.807, 2.05) is 0 Å². The fourth-order valence-electron chi connectivity index (χ4n) is 1.56. The molecule has 4 nitrogen and oxygen atoms in total. The normalized spacial score (nSPS) is 11.5. The van der Waals surface area contributed by atoms with Gasteiger partial charge in [-0.15, -0.1) is 11.3 Å². The van der Waals surface area contributed by atoms with Crippen LogP contribution in [0.1, 0.15) is 9.75 Å². The number of hydrogen-bond acceptors (Lipinski definition) is 4. The molecule has 0 amide bonds. The van der Waals surface area contributed by atoms with E-state index in [-0.39, 0.29) is 4.90 Å². The molecule has 1 heterocycles. The quantitative estimate of drug-likeness (QED) is 0.879. The zero-order chi connectivity index (χ0) is 14.0. The number of sulfonamides is 1. The van der Waals surface area contributed by atoms with Crippen LogP contribution in [0.2, 0.25) is 0 Å². The van der Waals surface area contributed by atoms with Crippen molar-refractivity contribution in [3.63, 3.8) is 0 Å². The van der Waals surface area contributed by atoms with Gasteiger partial charge < -0.3 is 5.32 Å². The van der Waals surface area contributed by atoms with Crippen LogP contribution in [0.4, 0.5) is 5.69 Å². The third kappa shape index (κ3) is 3.79. The Balaban J connectivity index is 2.04. The smallest absolute Gasteiger partial charge is 0.238 e. The van der Waals surface area contributed by atoms with Crippen LogP contribution in [0, 0.1) is 6.92 Å². The number of benzene rings is 1. The molecule has 0 spiro atoms. The van der Waals surface area contributed by atoms with Crippen molar-refractivity contribution >= 4 is 43.0 Å². The summed E-state index contributed by atoms with van der Waals surface area (Å²) in [6.07, 6.45) is 0. The van der Waals surface area contributed by atoms with Gasteiger partial charge in [-0.3, -0.25) is 0 Å². The van der Waals surface area contributed by atoms with Gasteiger partial charge in [-0.25, -0.2) is 13.6 Å². The number of nitrogens with one attached hydrogen (secondary N) is 1. The highest BCUT2D eigenvalue weighted by Crippen LogP contribution is 2.27. The molecule has 1 aromatic carbocycles. The summed E-state index contributed by atoms with van der Waals surface area (Å²) >= 11 is 5.19. The fraction of sp³-hybridized carbons (Fsp3) is 0.167. The second-order valence-electron chi connectivity index (χ2n) is 4.04. The zero-order valence-corrected chi connectivity index (χ0v) is 13.4. The highest BCUT2D eigenvalue weighted by molar-refractivity contribution is 9.10. The molecular formula is C12H13BrN2O2S2. The highest BCUT2D eigenvalue weighted by atomic mass is 79.9. The van der Waals surface area contributed by atoms with Gasteiger partial charge in [0.2, 0.25) is 10.0 Å². The second-order valence-corrected chi connectivity index (χ2v) is 7.80. The number of thiophene rings is 1. The predicted molar refractivity (Wildman–Crippen MR) is 81.9 cm³/mol. The second kappa shape index (κ2) is 5.62. The summed E-state index contributed by atoms with van der Waals surface area (Å²) in [5.41, 5.74) is 0.856. The predicted octanol–water partition coefficient (Wildman–Crippen LogP) is 3.08. The molecule has 1 aromatic heterocycles. The van der Waals surface area contributed by atoms with Crippen LogP contribution in [-0.2, 0) is 16.6 Å². The Morgan fingerprint density at radius 2 is 1.95 bits per heavy atom. The number of primary sulfonamides is 1. The van der Waals surface area contributed by atoms with Crippen molar-refractivity contribution in [2.24, 2.45) is 5.14 Å². The number of nitrogens with two attached hydrogens (primary N) is 1. The van der Waals surface area contributed by atoms with Crippen molar-refractivity contribution in [3.8, 4) is 0 Å². The van der Waals surface area contributed by atoms with Gasteiger partial charge in [0.15, 0.2) is 0 Å². The lowest BCUT2D eigenvalue weighted by Gasteiger charge is -2.05. The van der Waals surface area contributed by atoms with E-state index >= 15 is 0 Å². The molecule has 0 aliphatic carbocycles. The third-order valence-electron chi connectivity index (χ3n) is 2.56. The summed E-state index contributed by atoms with van der Waals surface area (Å²) in [5, 5.41) is 8.27. The van der Waals surface area contributed by atoms with Gasteiger partial charge in [0, 0.05) is 26.5 Å². The molecule has 0 aliphatic rings. The Hall–Kier alpha value is -0.890. The van der Waals surface area contributed by atoms with E-state index in [2.05, 4.69) is 34.2 Å². The van der Waals surface area contributed by atoms with Crippen LogP contribution in [0.25, 0.3) is 0 Å². The standard InChI is InChI=1S/C12H13BrN2O2S2/c1-8-12(13)6-10(18-8)7-15-9-2-4-11(5-3-9)19(14,16)17/h2-6,15H,7H2,1H3,(H2,14,16,17). The molecule has 102 valence electrons. The van der Waals surface area contributed by atoms with Crippen LogP contribution in [-0.4, -0.2) is 8.42 Å². The maximum absolute atomic E-state index is 11.1. The first-order valence-corrected chi connectivity index (χ1v) is 8.63. The lowest BCUT2D eigenvalue weighted by molar-refractivity contribution is 0.598. The summed E-state index contributed by atoms with van der Waals surface area (Å²) in [6.45, 7) is 2.75. The number of halogens is 1. The first kappa shape index (κ1) is 14.5. The Labute approximate surface area is 124 Å². The van der Waals surface area contributed by atoms with E-state index in [9.17, 15) is 8.42 Å². The minimum absolute atomic E-state index is 0.118. The topological polar surface area (TPSA) is 72.2 Å². The molecule has 3 N–H and O–H groups in total. The van der Waals surface area contributed by atoms with Crippen LogP contribution in [0.5, 0.6) is 0 Å². The summed E-state index contributed by atoms with van der Waals surface area (Å²) < 4.78 is 23.3. The van der Waals surface area contributed by atoms with Gasteiger partial charge in [-0.05, 0) is 53.2 Å². The Kier molecular flexibility index (Phi) is 4.29. The van der Waals surface area contributed by atoms with Gasteiger partial charge in [0.05, 0.1) is 4.90 Å². The first-order chi connectivity index (χ1) is 8.86. The largest absolute Gasteiger partial charge is 0.380 e. The average Bonchev–Trinajstić information content (AvgIpc) is 2.66. The Morgan fingerprint density at radius 3 is 2.42 bits per heavy atom. The molecule has 0 unspecified atom stereocenters. The third-order valence-corrected chi connectivity index (χ3v) is 5.62. The van der Waals surface area contributed by atoms with Gasteiger partial charge in [0.25, 0.3) is 0 Å². The van der Waals surface area contributed by atoms with E-state index in [1.54, 1.807) is 23.5 Å². The number of aryl methyl sites for hydroxylation is 1. The maximum atomic E-state index is 11.1. The van der Waals surface area contributed by atoms with Gasteiger partial charge in [0.1, 0.15) is 0 Å². The lowest BCUT2D eigenvalue weighted by Crippen LogP contribution is -2.11. The number of hydrogen-bond donors (Lipinski definition) is 2. The van der Waals surface area contributed by atoms with Crippen molar-refractivity contribution in [2.45, 2.75) is 18.4 Å². The van der Waals surface area contributed by atoms with E-state index in [0.717, 1.165) is 10.2 Å². The molecule has 19 heavy (non-hydrogen) atoms. The molecule has 0 aliphatic heterocycles. The molecule has 0 saturated heterocycles. The van der Waals surface area contributed by atoms with Crippen molar-refractivity contribution in [1.29, 1.82) is 0 Å². The van der Waals surface area contributed by atoms with Crippen LogP contribution in [0.15, 0.2) is 39.7 Å². The lowest BCUT2D eigenvalue weighted by atomic mass is 10.3. The monoisotopic (exact) mass is 360 g/mol. The molecule has 0 radical (unpaired) electrons. The van der Waals surface area contributed by atoms with E-state index in [4.69, 9.17) is 5.14 Å². The average molecular weight is 361 g/mol. The van der Waals surface area contributed by atoms with Crippen LogP contribution >= 0.6 is 27.3 Å². The molecule has 0 atom stereocenters. The van der Waals surface area contributed by atoms with Gasteiger partial charge >= 0.3 is 0 Å². The molecular weight excluding hydrogens is 348 g/mol. The van der Waals surface area contributed by atoms with E-state index in [1.165, 1.54) is 21.9 Å². The fourth-order valence-corrected chi connectivity index (χ4v) is 3.61. The molecule has 2 rings (SSSR count). The van der Waals surface area contributed by atoms with Crippen LogP contribution < -0.4 is 10.5 Å². The van der Waals surface area contributed by atoms with E-state index in [0.29, 0.717) is 6.54 Å². The van der Waals surface area contributed by atoms with Crippen LogP contribution in [0.3, 0.4) is 0 Å². The van der Waals surface area contributed by atoms with E-state index < -0.39 is 10.0 Å². The maximum Gasteiger partial charge on any atom is 0.238 e. The summed E-state index contributed by atoms with van der Waals surface area (Å²) in [7, 11) is -3.62. The minimum Gasteiger partial charge on any atom is -0.380 e. The Morgan fingerprint density at radius 1 is 1.32 bits per heavy atom. The molecule has 0 fully saturated rings. The summed E-state index contributed by atoms with van der Waals surface area (Å²) in [5.74, 6) is 0. The Bertz CT molecular complexity index is 659. The molecule has 7 heteroatoms. The molecule has 0 saturated carbocycles. The summed E-state index contributed by atoms with van der Waals surface area (Å²) in [4.78, 5) is 2.56. The molecule has 0 bridgehead atoms. The van der Waals surface area contributed by atoms with Gasteiger partial charge in [-0.2, -0.15) is 0 Å². The van der Waals surface area contributed by atoms with Crippen molar-refractivity contribution < 1.29 is 8.42 Å². The summed E-state index contributed by atoms with van der Waals surface area (Å²) in [6, 6.07) is 8.47. The minimum atomic E-state index is -3.62. The SMILES string of the molecule is Cc1sc(CNc2ccc(S(N)(=O)=O)cc2)cc1Br.